The number of ether oxygens (including phenoxy) is 5. The molecule has 0 aliphatic carbocycles. The zero-order valence-electron chi connectivity index (χ0n) is 17.8. The van der Waals surface area contributed by atoms with Gasteiger partial charge in [0.25, 0.3) is 0 Å². The summed E-state index contributed by atoms with van der Waals surface area (Å²) in [4.78, 5) is 11.5. The molecule has 3 saturated heterocycles. The normalized spacial score (nSPS) is 50.1. The Balaban J connectivity index is 1.67. The van der Waals surface area contributed by atoms with Crippen molar-refractivity contribution < 1.29 is 74.4 Å². The molecule has 16 heteroatoms. The van der Waals surface area contributed by atoms with Crippen LogP contribution in [0.5, 0.6) is 0 Å². The Labute approximate surface area is 192 Å². The van der Waals surface area contributed by atoms with Crippen molar-refractivity contribution in [3.8, 4) is 0 Å². The highest BCUT2D eigenvalue weighted by Gasteiger charge is 2.52. The lowest BCUT2D eigenvalue weighted by Crippen LogP contribution is -2.66. The molecule has 11 N–H and O–H groups in total. The van der Waals surface area contributed by atoms with Gasteiger partial charge in [-0.05, 0) is 0 Å². The molecule has 3 aliphatic rings. The van der Waals surface area contributed by atoms with Crippen LogP contribution in [0, 0.1) is 0 Å². The van der Waals surface area contributed by atoms with Crippen molar-refractivity contribution in [2.24, 2.45) is 5.73 Å². The Kier molecular flexibility index (Phi) is 9.15. The van der Waals surface area contributed by atoms with Gasteiger partial charge in [-0.3, -0.25) is 0 Å². The van der Waals surface area contributed by atoms with E-state index in [1.165, 1.54) is 0 Å². The third-order valence-corrected chi connectivity index (χ3v) is 6.01. The molecule has 0 aromatic rings. The first kappa shape index (κ1) is 27.5. The van der Waals surface area contributed by atoms with Gasteiger partial charge < -0.3 is 75.4 Å². The second kappa shape index (κ2) is 11.3. The molecule has 3 fully saturated rings. The van der Waals surface area contributed by atoms with E-state index >= 15 is 0 Å². The van der Waals surface area contributed by atoms with Crippen molar-refractivity contribution >= 4 is 5.97 Å². The minimum absolute atomic E-state index is 0.172. The predicted octanol–water partition coefficient (Wildman–Crippen LogP) is -6.49. The van der Waals surface area contributed by atoms with Gasteiger partial charge in [0.1, 0.15) is 48.8 Å². The van der Waals surface area contributed by atoms with E-state index in [9.17, 15) is 50.8 Å². The zero-order valence-corrected chi connectivity index (χ0v) is 17.8. The monoisotopic (exact) mass is 501 g/mol. The van der Waals surface area contributed by atoms with Crippen LogP contribution in [0.25, 0.3) is 0 Å². The molecule has 3 rings (SSSR count). The van der Waals surface area contributed by atoms with E-state index in [2.05, 4.69) is 0 Å². The molecule has 3 heterocycles. The average molecular weight is 501 g/mol. The number of hydrogen-bond donors (Lipinski definition) is 10. The molecule has 5 unspecified atom stereocenters. The fourth-order valence-electron chi connectivity index (χ4n) is 3.94. The van der Waals surface area contributed by atoms with Gasteiger partial charge in [-0.15, -0.1) is 0 Å². The van der Waals surface area contributed by atoms with Gasteiger partial charge in [-0.25, -0.2) is 4.79 Å². The van der Waals surface area contributed by atoms with Crippen molar-refractivity contribution in [3.63, 3.8) is 0 Å². The first-order chi connectivity index (χ1) is 16.0. The van der Waals surface area contributed by atoms with E-state index in [1.54, 1.807) is 0 Å². The smallest absolute Gasteiger partial charge is 0.335 e. The second-order valence-corrected chi connectivity index (χ2v) is 8.38. The summed E-state index contributed by atoms with van der Waals surface area (Å²) in [7, 11) is 0. The van der Waals surface area contributed by atoms with Crippen LogP contribution in [0.2, 0.25) is 0 Å². The Bertz CT molecular complexity index is 686. The van der Waals surface area contributed by atoms with Crippen LogP contribution >= 0.6 is 0 Å². The first-order valence-electron chi connectivity index (χ1n) is 10.5. The number of hydrogen-bond acceptors (Lipinski definition) is 15. The minimum atomic E-state index is -2.00. The van der Waals surface area contributed by atoms with Crippen LogP contribution in [0.15, 0.2) is 0 Å². The number of aliphatic carboxylic acids is 1. The maximum Gasteiger partial charge on any atom is 0.335 e. The first-order valence-corrected chi connectivity index (χ1v) is 10.5. The van der Waals surface area contributed by atoms with Gasteiger partial charge in [-0.1, -0.05) is 0 Å². The Morgan fingerprint density at radius 1 is 0.882 bits per heavy atom. The average Bonchev–Trinajstić information content (AvgIpc) is 2.80. The number of aliphatic hydroxyl groups is 8. The third kappa shape index (κ3) is 5.66. The minimum Gasteiger partial charge on any atom is -0.479 e. The molecule has 0 aromatic carbocycles. The summed E-state index contributed by atoms with van der Waals surface area (Å²) in [5, 5.41) is 88.4. The SMILES string of the molecule is NC1[C@@H](O[C@@H]2C(C(=O)O)O[C@H](O)C(O)[C@H]2O)OC(CO[C@@H]2C[C@@H](O)[C@@H](O)C(CO)O2)[C@@H](O)[C@@H]1O. The summed E-state index contributed by atoms with van der Waals surface area (Å²) >= 11 is 0. The fraction of sp³-hybridized carbons (Fsp3) is 0.944. The number of carbonyl (C=O) groups is 1. The molecule has 16 nitrogen and oxygen atoms in total. The quantitative estimate of drug-likeness (QED) is 0.155. The van der Waals surface area contributed by atoms with Gasteiger partial charge in [0.2, 0.25) is 0 Å². The number of carboxylic acid groups (broad SMARTS) is 1. The lowest BCUT2D eigenvalue weighted by molar-refractivity contribution is -0.339. The number of rotatable bonds is 7. The van der Waals surface area contributed by atoms with E-state index in [1.807, 2.05) is 0 Å². The summed E-state index contributed by atoms with van der Waals surface area (Å²) in [6.45, 7) is -1.05. The van der Waals surface area contributed by atoms with Gasteiger partial charge in [0.05, 0.1) is 25.4 Å². The summed E-state index contributed by atoms with van der Waals surface area (Å²) < 4.78 is 26.4. The molecule has 0 amide bonds. The van der Waals surface area contributed by atoms with E-state index in [0.717, 1.165) is 0 Å². The van der Waals surface area contributed by atoms with Crippen LogP contribution in [-0.4, -0.2) is 151 Å². The van der Waals surface area contributed by atoms with Crippen molar-refractivity contribution in [1.82, 2.24) is 0 Å². The fourth-order valence-corrected chi connectivity index (χ4v) is 3.94. The Morgan fingerprint density at radius 2 is 1.56 bits per heavy atom. The summed E-state index contributed by atoms with van der Waals surface area (Å²) in [6, 6.07) is -1.43. The van der Waals surface area contributed by atoms with E-state index < -0.39 is 105 Å². The van der Waals surface area contributed by atoms with Crippen LogP contribution in [0.3, 0.4) is 0 Å². The third-order valence-electron chi connectivity index (χ3n) is 6.01. The maximum absolute atomic E-state index is 11.5. The molecular formula is C18H31NO15. The standard InChI is InChI=1S/C18H31NO15/c19-8-11(24)10(23)6(3-30-7-1-4(21)9(22)5(2-20)31-7)32-18(8)34-14-12(25)13(26)17(29)33-15(14)16(27)28/h4-15,17-18,20-26,29H,1-3,19H2,(H,27,28)/t4-,5?,6?,7+,8?,9-,10-,11-,12-,13?,14+,15?,17+,18-/m1/s1. The Morgan fingerprint density at radius 3 is 2.18 bits per heavy atom. The molecular weight excluding hydrogens is 470 g/mol. The number of aliphatic hydroxyl groups excluding tert-OH is 8. The van der Waals surface area contributed by atoms with Crippen LogP contribution in [-0.2, 0) is 28.5 Å². The molecule has 0 radical (unpaired) electrons. The second-order valence-electron chi connectivity index (χ2n) is 8.38. The zero-order chi connectivity index (χ0) is 25.3. The van der Waals surface area contributed by atoms with Crippen molar-refractivity contribution in [3.05, 3.63) is 0 Å². The van der Waals surface area contributed by atoms with Crippen LogP contribution < -0.4 is 5.73 Å². The topological polar surface area (TPSA) is 271 Å². The molecule has 14 atom stereocenters. The summed E-state index contributed by atoms with van der Waals surface area (Å²) in [5.74, 6) is -1.63. The van der Waals surface area contributed by atoms with E-state index in [0.29, 0.717) is 0 Å². The maximum atomic E-state index is 11.5. The summed E-state index contributed by atoms with van der Waals surface area (Å²) in [6.07, 6.45) is -20.7. The Hall–Kier alpha value is -1.09. The molecule has 0 spiro atoms. The van der Waals surface area contributed by atoms with Gasteiger partial charge in [-0.2, -0.15) is 0 Å². The molecule has 0 aromatic heterocycles. The molecule has 0 saturated carbocycles. The van der Waals surface area contributed by atoms with Crippen molar-refractivity contribution in [2.75, 3.05) is 13.2 Å². The highest BCUT2D eigenvalue weighted by Crippen LogP contribution is 2.29. The van der Waals surface area contributed by atoms with Gasteiger partial charge in [0, 0.05) is 6.42 Å². The highest BCUT2D eigenvalue weighted by atomic mass is 16.7. The van der Waals surface area contributed by atoms with Gasteiger partial charge >= 0.3 is 5.97 Å². The van der Waals surface area contributed by atoms with Gasteiger partial charge in [0.15, 0.2) is 25.0 Å². The summed E-state index contributed by atoms with van der Waals surface area (Å²) in [5.41, 5.74) is 5.83. The van der Waals surface area contributed by atoms with E-state index in [4.69, 9.17) is 29.4 Å². The number of nitrogens with two attached hydrogens (primary N) is 1. The predicted molar refractivity (Wildman–Crippen MR) is 102 cm³/mol. The van der Waals surface area contributed by atoms with Crippen molar-refractivity contribution in [1.29, 1.82) is 0 Å². The van der Waals surface area contributed by atoms with E-state index in [-0.39, 0.29) is 6.42 Å². The van der Waals surface area contributed by atoms with Crippen molar-refractivity contribution in [2.45, 2.75) is 92.4 Å². The molecule has 34 heavy (non-hydrogen) atoms. The van der Waals surface area contributed by atoms with Crippen LogP contribution in [0.4, 0.5) is 0 Å². The molecule has 198 valence electrons. The molecule has 0 bridgehead atoms. The molecule has 3 aliphatic heterocycles. The largest absolute Gasteiger partial charge is 0.479 e. The lowest BCUT2D eigenvalue weighted by atomic mass is 9.96. The highest BCUT2D eigenvalue weighted by molar-refractivity contribution is 5.73. The lowest BCUT2D eigenvalue weighted by Gasteiger charge is -2.45. The van der Waals surface area contributed by atoms with Crippen LogP contribution in [0.1, 0.15) is 6.42 Å². The number of carboxylic acids is 1.